The van der Waals surface area contributed by atoms with Gasteiger partial charge in [-0.15, -0.1) is 0 Å². The molecule has 1 fully saturated rings. The van der Waals surface area contributed by atoms with Gasteiger partial charge in [-0.3, -0.25) is 0 Å². The Kier molecular flexibility index (Phi) is 4.74. The number of carboxylic acids is 1. The van der Waals surface area contributed by atoms with Gasteiger partial charge in [0.1, 0.15) is 6.04 Å². The maximum atomic E-state index is 11.5. The molecule has 0 aromatic rings. The molecule has 0 aliphatic heterocycles. The van der Waals surface area contributed by atoms with Crippen LogP contribution in [0.5, 0.6) is 0 Å². The normalized spacial score (nSPS) is 18.9. The second kappa shape index (κ2) is 5.86. The van der Waals surface area contributed by atoms with Crippen LogP contribution in [0.2, 0.25) is 0 Å². The molecule has 17 heavy (non-hydrogen) atoms. The lowest BCUT2D eigenvalue weighted by Crippen LogP contribution is -2.53. The van der Waals surface area contributed by atoms with Crippen molar-refractivity contribution in [2.75, 3.05) is 13.7 Å². The van der Waals surface area contributed by atoms with Crippen molar-refractivity contribution >= 4 is 12.0 Å². The van der Waals surface area contributed by atoms with Crippen molar-refractivity contribution in [3.8, 4) is 0 Å². The molecule has 1 atom stereocenters. The molecule has 2 amide bonds. The highest BCUT2D eigenvalue weighted by Gasteiger charge is 2.37. The molecule has 98 valence electrons. The highest BCUT2D eigenvalue weighted by atomic mass is 16.5. The van der Waals surface area contributed by atoms with Gasteiger partial charge in [0.15, 0.2) is 0 Å². The number of aliphatic carboxylic acids is 1. The molecule has 1 unspecified atom stereocenters. The predicted octanol–water partition coefficient (Wildman–Crippen LogP) is 0.718. The fraction of sp³-hybridized carbons (Fsp3) is 0.818. The second-order valence-corrected chi connectivity index (χ2v) is 4.37. The number of ether oxygens (including phenoxy) is 1. The fourth-order valence-corrected chi connectivity index (χ4v) is 1.81. The summed E-state index contributed by atoms with van der Waals surface area (Å²) in [6.45, 7) is 2.13. The average Bonchev–Trinajstić information content (AvgIpc) is 2.24. The summed E-state index contributed by atoms with van der Waals surface area (Å²) in [7, 11) is 1.63. The minimum absolute atomic E-state index is 0.248. The number of hydrogen-bond donors (Lipinski definition) is 3. The number of hydrogen-bond acceptors (Lipinski definition) is 3. The van der Waals surface area contributed by atoms with Gasteiger partial charge in [-0.1, -0.05) is 6.92 Å². The van der Waals surface area contributed by atoms with E-state index in [1.54, 1.807) is 14.0 Å². The van der Waals surface area contributed by atoms with E-state index in [0.717, 1.165) is 19.3 Å². The highest BCUT2D eigenvalue weighted by Crippen LogP contribution is 2.34. The predicted molar refractivity (Wildman–Crippen MR) is 61.8 cm³/mol. The second-order valence-electron chi connectivity index (χ2n) is 4.37. The smallest absolute Gasteiger partial charge is 0.326 e. The quantitative estimate of drug-likeness (QED) is 0.642. The summed E-state index contributed by atoms with van der Waals surface area (Å²) < 4.78 is 5.34. The van der Waals surface area contributed by atoms with Crippen LogP contribution in [-0.2, 0) is 9.53 Å². The Hall–Kier alpha value is -1.30. The Morgan fingerprint density at radius 3 is 2.47 bits per heavy atom. The lowest BCUT2D eigenvalue weighted by atomic mass is 9.80. The van der Waals surface area contributed by atoms with Crippen LogP contribution < -0.4 is 10.6 Å². The molecular weight excluding hydrogens is 224 g/mol. The third-order valence-electron chi connectivity index (χ3n) is 3.28. The molecule has 6 heteroatoms. The molecule has 1 rings (SSSR count). The highest BCUT2D eigenvalue weighted by molar-refractivity contribution is 5.82. The van der Waals surface area contributed by atoms with Crippen molar-refractivity contribution in [1.82, 2.24) is 10.6 Å². The van der Waals surface area contributed by atoms with Gasteiger partial charge < -0.3 is 20.5 Å². The molecule has 6 nitrogen and oxygen atoms in total. The lowest BCUT2D eigenvalue weighted by Gasteiger charge is -2.40. The summed E-state index contributed by atoms with van der Waals surface area (Å²) in [5.41, 5.74) is -0.248. The van der Waals surface area contributed by atoms with E-state index in [0.29, 0.717) is 13.0 Å². The molecule has 0 aromatic heterocycles. The van der Waals surface area contributed by atoms with Crippen molar-refractivity contribution in [3.05, 3.63) is 0 Å². The van der Waals surface area contributed by atoms with Gasteiger partial charge in [0.05, 0.1) is 5.60 Å². The van der Waals surface area contributed by atoms with Gasteiger partial charge in [-0.25, -0.2) is 9.59 Å². The Labute approximate surface area is 101 Å². The van der Waals surface area contributed by atoms with Crippen LogP contribution in [0.1, 0.15) is 32.6 Å². The van der Waals surface area contributed by atoms with Crippen molar-refractivity contribution < 1.29 is 19.4 Å². The Morgan fingerprint density at radius 2 is 2.12 bits per heavy atom. The topological polar surface area (TPSA) is 87.7 Å². The van der Waals surface area contributed by atoms with E-state index in [9.17, 15) is 9.59 Å². The van der Waals surface area contributed by atoms with E-state index in [2.05, 4.69) is 10.6 Å². The van der Waals surface area contributed by atoms with Gasteiger partial charge in [0.25, 0.3) is 0 Å². The molecule has 0 bridgehead atoms. The van der Waals surface area contributed by atoms with Crippen LogP contribution in [0, 0.1) is 0 Å². The number of carbonyl (C=O) groups excluding carboxylic acids is 1. The number of carbonyl (C=O) groups is 2. The maximum absolute atomic E-state index is 11.5. The van der Waals surface area contributed by atoms with Gasteiger partial charge in [0, 0.05) is 13.7 Å². The Balaban J connectivity index is 2.32. The third kappa shape index (κ3) is 3.59. The SMILES string of the molecule is CCC(NC(=O)NCC1(OC)CCC1)C(=O)O. The maximum Gasteiger partial charge on any atom is 0.326 e. The number of methoxy groups -OCH3 is 1. The summed E-state index contributed by atoms with van der Waals surface area (Å²) in [6, 6.07) is -1.29. The van der Waals surface area contributed by atoms with Crippen LogP contribution in [0.15, 0.2) is 0 Å². The first-order chi connectivity index (χ1) is 8.03. The third-order valence-corrected chi connectivity index (χ3v) is 3.28. The molecule has 0 aromatic carbocycles. The van der Waals surface area contributed by atoms with Gasteiger partial charge in [-0.2, -0.15) is 0 Å². The minimum atomic E-state index is -1.02. The molecule has 0 radical (unpaired) electrons. The molecule has 3 N–H and O–H groups in total. The first-order valence-electron chi connectivity index (χ1n) is 5.85. The Morgan fingerprint density at radius 1 is 1.47 bits per heavy atom. The minimum Gasteiger partial charge on any atom is -0.480 e. The van der Waals surface area contributed by atoms with E-state index in [1.807, 2.05) is 0 Å². The number of rotatable bonds is 6. The van der Waals surface area contributed by atoms with E-state index >= 15 is 0 Å². The fourth-order valence-electron chi connectivity index (χ4n) is 1.81. The largest absolute Gasteiger partial charge is 0.480 e. The van der Waals surface area contributed by atoms with Gasteiger partial charge >= 0.3 is 12.0 Å². The Bertz CT molecular complexity index is 284. The zero-order valence-electron chi connectivity index (χ0n) is 10.3. The van der Waals surface area contributed by atoms with Gasteiger partial charge in [0.2, 0.25) is 0 Å². The standard InChI is InChI=1S/C11H20N2O4/c1-3-8(9(14)15)13-10(16)12-7-11(17-2)5-4-6-11/h8H,3-7H2,1-2H3,(H,14,15)(H2,12,13,16). The summed E-state index contributed by atoms with van der Waals surface area (Å²) in [5, 5.41) is 13.9. The van der Waals surface area contributed by atoms with Crippen LogP contribution >= 0.6 is 0 Å². The van der Waals surface area contributed by atoms with Crippen molar-refractivity contribution in [2.24, 2.45) is 0 Å². The van der Waals surface area contributed by atoms with E-state index < -0.39 is 18.0 Å². The molecular formula is C11H20N2O4. The average molecular weight is 244 g/mol. The molecule has 1 aliphatic rings. The molecule has 1 saturated carbocycles. The first-order valence-corrected chi connectivity index (χ1v) is 5.85. The van der Waals surface area contributed by atoms with Crippen LogP contribution in [0.4, 0.5) is 4.79 Å². The first kappa shape index (κ1) is 13.8. The number of amides is 2. The van der Waals surface area contributed by atoms with E-state index in [4.69, 9.17) is 9.84 Å². The summed E-state index contributed by atoms with van der Waals surface area (Å²) in [5.74, 6) is -1.02. The van der Waals surface area contributed by atoms with Crippen LogP contribution in [-0.4, -0.2) is 42.4 Å². The van der Waals surface area contributed by atoms with Crippen LogP contribution in [0.25, 0.3) is 0 Å². The van der Waals surface area contributed by atoms with Crippen molar-refractivity contribution in [2.45, 2.75) is 44.2 Å². The molecule has 0 spiro atoms. The summed E-state index contributed by atoms with van der Waals surface area (Å²) >= 11 is 0. The zero-order valence-corrected chi connectivity index (χ0v) is 10.3. The summed E-state index contributed by atoms with van der Waals surface area (Å²) in [6.07, 6.45) is 3.32. The number of urea groups is 1. The van der Waals surface area contributed by atoms with Crippen LogP contribution in [0.3, 0.4) is 0 Å². The van der Waals surface area contributed by atoms with E-state index in [1.165, 1.54) is 0 Å². The number of nitrogens with one attached hydrogen (secondary N) is 2. The van der Waals surface area contributed by atoms with Crippen molar-refractivity contribution in [3.63, 3.8) is 0 Å². The molecule has 1 aliphatic carbocycles. The van der Waals surface area contributed by atoms with Gasteiger partial charge in [-0.05, 0) is 25.7 Å². The lowest BCUT2D eigenvalue weighted by molar-refractivity contribution is -0.139. The zero-order chi connectivity index (χ0) is 12.9. The number of carboxylic acid groups (broad SMARTS) is 1. The van der Waals surface area contributed by atoms with Crippen molar-refractivity contribution in [1.29, 1.82) is 0 Å². The van der Waals surface area contributed by atoms with E-state index in [-0.39, 0.29) is 5.60 Å². The monoisotopic (exact) mass is 244 g/mol. The molecule has 0 saturated heterocycles. The molecule has 0 heterocycles. The summed E-state index contributed by atoms with van der Waals surface area (Å²) in [4.78, 5) is 22.2.